The molecule has 0 aromatic heterocycles. The van der Waals surface area contributed by atoms with Crippen molar-refractivity contribution < 1.29 is 13.2 Å². The lowest BCUT2D eigenvalue weighted by atomic mass is 9.93. The van der Waals surface area contributed by atoms with Crippen molar-refractivity contribution in [3.8, 4) is 0 Å². The van der Waals surface area contributed by atoms with Crippen LogP contribution in [0.25, 0.3) is 0 Å². The molecule has 35 heavy (non-hydrogen) atoms. The molecule has 0 bridgehead atoms. The molecule has 4 rings (SSSR count). The van der Waals surface area contributed by atoms with Gasteiger partial charge in [-0.15, -0.1) is 0 Å². The fourth-order valence-electron chi connectivity index (χ4n) is 5.14. The summed E-state index contributed by atoms with van der Waals surface area (Å²) in [5.74, 6) is -0.276. The molecular formula is C28H33N3O3S. The van der Waals surface area contributed by atoms with E-state index in [1.54, 1.807) is 12.1 Å². The molecule has 0 radical (unpaired) electrons. The molecule has 1 aliphatic heterocycles. The normalized spacial score (nSPS) is 15.9. The number of fused-ring (bicyclic) bond motifs is 1. The number of nitrogen functional groups attached to an aromatic ring is 1. The van der Waals surface area contributed by atoms with Crippen LogP contribution in [0, 0.1) is 20.8 Å². The number of nitrogens with two attached hydrogens (primary N) is 1. The van der Waals surface area contributed by atoms with Crippen LogP contribution in [0.1, 0.15) is 64.8 Å². The quantitative estimate of drug-likeness (QED) is 0.480. The van der Waals surface area contributed by atoms with Gasteiger partial charge in [0.2, 0.25) is 0 Å². The molecule has 3 N–H and O–H groups in total. The number of hydrogen-bond donors (Lipinski definition) is 2. The fourth-order valence-corrected chi connectivity index (χ4v) is 6.18. The Kier molecular flexibility index (Phi) is 6.75. The number of benzene rings is 3. The molecule has 1 unspecified atom stereocenters. The van der Waals surface area contributed by atoms with Gasteiger partial charge in [0.15, 0.2) is 0 Å². The van der Waals surface area contributed by atoms with Gasteiger partial charge in [0.25, 0.3) is 15.9 Å². The maximum atomic E-state index is 13.6. The number of anilines is 1. The molecular weight excluding hydrogens is 458 g/mol. The van der Waals surface area contributed by atoms with Crippen molar-refractivity contribution in [3.05, 3.63) is 93.5 Å². The number of carbonyl (C=O) groups excluding carboxylic acids is 1. The Morgan fingerprint density at radius 1 is 1.06 bits per heavy atom. The van der Waals surface area contributed by atoms with Crippen molar-refractivity contribution in [2.75, 3.05) is 5.73 Å². The first-order valence-electron chi connectivity index (χ1n) is 11.8. The van der Waals surface area contributed by atoms with Crippen LogP contribution in [-0.4, -0.2) is 19.2 Å². The lowest BCUT2D eigenvalue weighted by Crippen LogP contribution is -2.40. The highest BCUT2D eigenvalue weighted by Crippen LogP contribution is 2.39. The average Bonchev–Trinajstić information content (AvgIpc) is 3.14. The van der Waals surface area contributed by atoms with Crippen LogP contribution in [0.5, 0.6) is 0 Å². The molecule has 0 aliphatic carbocycles. The van der Waals surface area contributed by atoms with E-state index in [-0.39, 0.29) is 10.8 Å². The summed E-state index contributed by atoms with van der Waals surface area (Å²) in [5, 5.41) is 0. The summed E-state index contributed by atoms with van der Waals surface area (Å²) in [6, 6.07) is 15.5. The predicted octanol–water partition coefficient (Wildman–Crippen LogP) is 4.88. The average molecular weight is 492 g/mol. The summed E-state index contributed by atoms with van der Waals surface area (Å²) in [7, 11) is -4.07. The number of aryl methyl sites for hydroxylation is 3. The van der Waals surface area contributed by atoms with Gasteiger partial charge >= 0.3 is 0 Å². The van der Waals surface area contributed by atoms with E-state index in [2.05, 4.69) is 62.4 Å². The summed E-state index contributed by atoms with van der Waals surface area (Å²) in [6.45, 7) is 11.6. The molecule has 3 aromatic rings. The molecule has 7 heteroatoms. The molecule has 0 spiro atoms. The second-order valence-corrected chi connectivity index (χ2v) is 11.5. The lowest BCUT2D eigenvalue weighted by Gasteiger charge is -2.26. The van der Waals surface area contributed by atoms with E-state index in [4.69, 9.17) is 5.73 Å². The zero-order valence-corrected chi connectivity index (χ0v) is 21.7. The largest absolute Gasteiger partial charge is 0.399 e. The van der Waals surface area contributed by atoms with Crippen molar-refractivity contribution in [1.82, 2.24) is 9.62 Å². The van der Waals surface area contributed by atoms with Crippen molar-refractivity contribution in [2.24, 2.45) is 0 Å². The van der Waals surface area contributed by atoms with Gasteiger partial charge in [-0.1, -0.05) is 55.8 Å². The van der Waals surface area contributed by atoms with E-state index < -0.39 is 22.0 Å². The SMILES string of the molecule is Cc1cc(C)c(CN2Cc3c(C(C)C)cccc3C2C(=O)NS(=O)(=O)c2cccc(N)c2)c(C)c1. The topological polar surface area (TPSA) is 92.5 Å². The second kappa shape index (κ2) is 9.47. The Labute approximate surface area is 208 Å². The zero-order chi connectivity index (χ0) is 25.5. The monoisotopic (exact) mass is 491 g/mol. The highest BCUT2D eigenvalue weighted by Gasteiger charge is 2.39. The molecule has 1 aliphatic rings. The number of rotatable bonds is 6. The van der Waals surface area contributed by atoms with Crippen molar-refractivity contribution >= 4 is 21.6 Å². The minimum absolute atomic E-state index is 0.0308. The first kappa shape index (κ1) is 24.9. The Morgan fingerprint density at radius 2 is 1.71 bits per heavy atom. The molecule has 0 fully saturated rings. The van der Waals surface area contributed by atoms with Crippen LogP contribution in [0.15, 0.2) is 59.5 Å². The van der Waals surface area contributed by atoms with Crippen LogP contribution in [0.4, 0.5) is 5.69 Å². The summed E-state index contributed by atoms with van der Waals surface area (Å²) in [5.41, 5.74) is 13.9. The van der Waals surface area contributed by atoms with E-state index in [9.17, 15) is 13.2 Å². The summed E-state index contributed by atoms with van der Waals surface area (Å²) < 4.78 is 28.4. The minimum atomic E-state index is -4.07. The van der Waals surface area contributed by atoms with Gasteiger partial charge in [-0.2, -0.15) is 0 Å². The van der Waals surface area contributed by atoms with Gasteiger partial charge in [-0.3, -0.25) is 9.69 Å². The van der Waals surface area contributed by atoms with E-state index in [0.717, 1.165) is 27.8 Å². The molecule has 1 amide bonds. The second-order valence-electron chi connectivity index (χ2n) is 9.80. The van der Waals surface area contributed by atoms with Crippen molar-refractivity contribution in [2.45, 2.75) is 64.6 Å². The van der Waals surface area contributed by atoms with Crippen LogP contribution in [0.3, 0.4) is 0 Å². The van der Waals surface area contributed by atoms with Crippen LogP contribution in [-0.2, 0) is 27.9 Å². The van der Waals surface area contributed by atoms with Gasteiger partial charge in [-0.25, -0.2) is 13.1 Å². The Bertz CT molecular complexity index is 1370. The van der Waals surface area contributed by atoms with Crippen molar-refractivity contribution in [3.63, 3.8) is 0 Å². The number of nitrogens with one attached hydrogen (secondary N) is 1. The van der Waals surface area contributed by atoms with Gasteiger partial charge in [0.1, 0.15) is 6.04 Å². The van der Waals surface area contributed by atoms with Gasteiger partial charge in [-0.05, 0) is 78.3 Å². The van der Waals surface area contributed by atoms with E-state index >= 15 is 0 Å². The Morgan fingerprint density at radius 3 is 2.34 bits per heavy atom. The third kappa shape index (κ3) is 4.97. The summed E-state index contributed by atoms with van der Waals surface area (Å²) in [6.07, 6.45) is 0. The van der Waals surface area contributed by atoms with Crippen molar-refractivity contribution in [1.29, 1.82) is 0 Å². The fraction of sp³-hybridized carbons (Fsp3) is 0.321. The van der Waals surface area contributed by atoms with Gasteiger partial charge < -0.3 is 5.73 Å². The molecule has 0 saturated carbocycles. The summed E-state index contributed by atoms with van der Waals surface area (Å²) >= 11 is 0. The zero-order valence-electron chi connectivity index (χ0n) is 20.9. The third-order valence-electron chi connectivity index (χ3n) is 6.74. The number of carbonyl (C=O) groups is 1. The standard InChI is InChI=1S/C28H33N3O3S/c1-17(2)23-10-7-11-24-26(23)16-31(15-25-19(4)12-18(3)13-20(25)5)27(24)28(32)30-35(33,34)22-9-6-8-21(29)14-22/h6-14,17,27H,15-16,29H2,1-5H3,(H,30,32). The maximum absolute atomic E-state index is 13.6. The predicted molar refractivity (Wildman–Crippen MR) is 139 cm³/mol. The van der Waals surface area contributed by atoms with Gasteiger partial charge in [0, 0.05) is 18.8 Å². The molecule has 6 nitrogen and oxygen atoms in total. The van der Waals surface area contributed by atoms with Crippen LogP contribution < -0.4 is 10.5 Å². The van der Waals surface area contributed by atoms with E-state index in [1.165, 1.54) is 23.3 Å². The highest BCUT2D eigenvalue weighted by molar-refractivity contribution is 7.90. The molecule has 1 atom stereocenters. The number of hydrogen-bond acceptors (Lipinski definition) is 5. The highest BCUT2D eigenvalue weighted by atomic mass is 32.2. The smallest absolute Gasteiger partial charge is 0.264 e. The van der Waals surface area contributed by atoms with E-state index in [0.29, 0.717) is 18.8 Å². The molecule has 3 aromatic carbocycles. The number of amides is 1. The van der Waals surface area contributed by atoms with E-state index in [1.807, 2.05) is 12.1 Å². The molecule has 0 saturated heterocycles. The first-order chi connectivity index (χ1) is 16.5. The van der Waals surface area contributed by atoms with Crippen LogP contribution >= 0.6 is 0 Å². The Hall–Kier alpha value is -3.16. The lowest BCUT2D eigenvalue weighted by molar-refractivity contribution is -0.124. The number of nitrogens with zero attached hydrogens (tertiary/aromatic N) is 1. The summed E-state index contributed by atoms with van der Waals surface area (Å²) in [4.78, 5) is 15.7. The van der Waals surface area contributed by atoms with Crippen LogP contribution in [0.2, 0.25) is 0 Å². The van der Waals surface area contributed by atoms with Gasteiger partial charge in [0.05, 0.1) is 4.90 Å². The first-order valence-corrected chi connectivity index (χ1v) is 13.3. The minimum Gasteiger partial charge on any atom is -0.399 e. The molecule has 184 valence electrons. The maximum Gasteiger partial charge on any atom is 0.264 e. The third-order valence-corrected chi connectivity index (χ3v) is 8.09. The molecule has 1 heterocycles. The number of sulfonamides is 1. The Balaban J connectivity index is 1.74.